The summed E-state index contributed by atoms with van der Waals surface area (Å²) in [4.78, 5) is 0. The molecule has 0 spiro atoms. The minimum atomic E-state index is 0.744. The van der Waals surface area contributed by atoms with Crippen LogP contribution in [0.2, 0.25) is 0 Å². The highest BCUT2D eigenvalue weighted by Crippen LogP contribution is 2.14. The minimum Gasteiger partial charge on any atom is -0.352 e. The van der Waals surface area contributed by atoms with Crippen molar-refractivity contribution in [2.45, 2.75) is 26.7 Å². The summed E-state index contributed by atoms with van der Waals surface area (Å²) in [6.45, 7) is 5.08. The van der Waals surface area contributed by atoms with Crippen LogP contribution < -0.4 is 5.73 Å². The summed E-state index contributed by atoms with van der Waals surface area (Å²) in [5.41, 5.74) is 9.68. The van der Waals surface area contributed by atoms with Gasteiger partial charge in [0.15, 0.2) is 0 Å². The summed E-state index contributed by atoms with van der Waals surface area (Å²) in [6, 6.07) is 2.27. The first-order chi connectivity index (χ1) is 5.70. The van der Waals surface area contributed by atoms with Gasteiger partial charge in [0.25, 0.3) is 0 Å². The Morgan fingerprint density at radius 2 is 2.17 bits per heavy atom. The molecule has 0 aliphatic rings. The molecule has 0 amide bonds. The maximum absolute atomic E-state index is 5.52. The largest absolute Gasteiger partial charge is 0.352 e. The van der Waals surface area contributed by atoms with E-state index in [1.807, 2.05) is 0 Å². The van der Waals surface area contributed by atoms with Gasteiger partial charge in [-0.25, -0.2) is 0 Å². The van der Waals surface area contributed by atoms with E-state index < -0.39 is 0 Å². The van der Waals surface area contributed by atoms with Crippen LogP contribution in [0.25, 0.3) is 0 Å². The average molecular weight is 166 g/mol. The molecule has 0 saturated heterocycles. The van der Waals surface area contributed by atoms with E-state index >= 15 is 0 Å². The van der Waals surface area contributed by atoms with E-state index in [-0.39, 0.29) is 0 Å². The van der Waals surface area contributed by atoms with Gasteiger partial charge in [-0.1, -0.05) is 6.92 Å². The lowest BCUT2D eigenvalue weighted by molar-refractivity contribution is 0.801. The topological polar surface area (TPSA) is 30.9 Å². The van der Waals surface area contributed by atoms with Crippen LogP contribution in [0.4, 0.5) is 0 Å². The molecule has 0 fully saturated rings. The fourth-order valence-corrected chi connectivity index (χ4v) is 1.58. The van der Waals surface area contributed by atoms with E-state index in [0.717, 1.165) is 19.4 Å². The van der Waals surface area contributed by atoms with Gasteiger partial charge in [-0.3, -0.25) is 0 Å². The Labute approximate surface area is 74.4 Å². The van der Waals surface area contributed by atoms with E-state index in [2.05, 4.69) is 31.5 Å². The highest BCUT2D eigenvalue weighted by atomic mass is 15.0. The van der Waals surface area contributed by atoms with Crippen molar-refractivity contribution in [1.82, 2.24) is 4.57 Å². The summed E-state index contributed by atoms with van der Waals surface area (Å²) in [5, 5.41) is 0. The lowest BCUT2D eigenvalue weighted by Gasteiger charge is -2.01. The smallest absolute Gasteiger partial charge is 0.0175 e. The normalized spacial score (nSPS) is 10.7. The summed E-state index contributed by atoms with van der Waals surface area (Å²) in [6.07, 6.45) is 2.10. The highest BCUT2D eigenvalue weighted by Gasteiger charge is 2.05. The number of aryl methyl sites for hydroxylation is 1. The van der Waals surface area contributed by atoms with Crippen molar-refractivity contribution in [3.05, 3.63) is 23.0 Å². The Morgan fingerprint density at radius 1 is 1.50 bits per heavy atom. The van der Waals surface area contributed by atoms with E-state index in [1.165, 1.54) is 17.0 Å². The molecule has 2 N–H and O–H groups in total. The van der Waals surface area contributed by atoms with E-state index in [9.17, 15) is 0 Å². The molecule has 0 bridgehead atoms. The molecule has 0 aliphatic carbocycles. The minimum absolute atomic E-state index is 0.744. The molecule has 0 radical (unpaired) electrons. The number of rotatable bonds is 3. The summed E-state index contributed by atoms with van der Waals surface area (Å²) >= 11 is 0. The summed E-state index contributed by atoms with van der Waals surface area (Å²) in [7, 11) is 2.12. The third-order valence-corrected chi connectivity index (χ3v) is 2.52. The lowest BCUT2D eigenvalue weighted by Crippen LogP contribution is -2.03. The van der Waals surface area contributed by atoms with Gasteiger partial charge in [-0.2, -0.15) is 0 Å². The van der Waals surface area contributed by atoms with Crippen molar-refractivity contribution in [1.29, 1.82) is 0 Å². The molecule has 0 unspecified atom stereocenters. The first-order valence-corrected chi connectivity index (χ1v) is 4.54. The van der Waals surface area contributed by atoms with Crippen LogP contribution in [0.15, 0.2) is 6.07 Å². The Hall–Kier alpha value is -0.760. The monoisotopic (exact) mass is 166 g/mol. The summed E-state index contributed by atoms with van der Waals surface area (Å²) < 4.78 is 2.25. The second-order valence-corrected chi connectivity index (χ2v) is 3.20. The van der Waals surface area contributed by atoms with Crippen LogP contribution in [0.1, 0.15) is 23.9 Å². The van der Waals surface area contributed by atoms with E-state index in [1.54, 1.807) is 0 Å². The zero-order valence-electron chi connectivity index (χ0n) is 8.22. The Bertz CT molecular complexity index is 261. The zero-order valence-corrected chi connectivity index (χ0v) is 8.22. The van der Waals surface area contributed by atoms with Gasteiger partial charge < -0.3 is 10.3 Å². The van der Waals surface area contributed by atoms with Gasteiger partial charge >= 0.3 is 0 Å². The summed E-state index contributed by atoms with van der Waals surface area (Å²) in [5.74, 6) is 0. The zero-order chi connectivity index (χ0) is 9.14. The van der Waals surface area contributed by atoms with Gasteiger partial charge in [0, 0.05) is 18.4 Å². The predicted octanol–water partition coefficient (Wildman–Crippen LogP) is 1.40. The molecule has 0 saturated carbocycles. The van der Waals surface area contributed by atoms with Crippen LogP contribution in [-0.2, 0) is 19.9 Å². The second-order valence-electron chi connectivity index (χ2n) is 3.20. The van der Waals surface area contributed by atoms with Crippen molar-refractivity contribution in [3.63, 3.8) is 0 Å². The Kier molecular flexibility index (Phi) is 2.93. The van der Waals surface area contributed by atoms with Gasteiger partial charge in [-0.05, 0) is 37.9 Å². The number of hydrogen-bond acceptors (Lipinski definition) is 1. The van der Waals surface area contributed by atoms with Crippen LogP contribution in [0.3, 0.4) is 0 Å². The number of aromatic nitrogens is 1. The van der Waals surface area contributed by atoms with Crippen molar-refractivity contribution in [3.8, 4) is 0 Å². The lowest BCUT2D eigenvalue weighted by atomic mass is 10.2. The van der Waals surface area contributed by atoms with Crippen LogP contribution in [0.5, 0.6) is 0 Å². The van der Waals surface area contributed by atoms with Gasteiger partial charge in [0.05, 0.1) is 0 Å². The van der Waals surface area contributed by atoms with E-state index in [0.29, 0.717) is 0 Å². The predicted molar refractivity (Wildman–Crippen MR) is 52.3 cm³/mol. The molecule has 2 heteroatoms. The van der Waals surface area contributed by atoms with Crippen LogP contribution in [0, 0.1) is 6.92 Å². The number of nitrogens with two attached hydrogens (primary N) is 1. The maximum Gasteiger partial charge on any atom is 0.0175 e. The molecule has 12 heavy (non-hydrogen) atoms. The van der Waals surface area contributed by atoms with E-state index in [4.69, 9.17) is 5.73 Å². The molecule has 0 atom stereocenters. The van der Waals surface area contributed by atoms with Gasteiger partial charge in [-0.15, -0.1) is 0 Å². The quantitative estimate of drug-likeness (QED) is 0.723. The molecule has 1 aromatic heterocycles. The molecule has 1 heterocycles. The fraction of sp³-hybridized carbons (Fsp3) is 0.600. The SMILES string of the molecule is CCc1cc(CCN)c(C)n1C. The third kappa shape index (κ3) is 1.53. The standard InChI is InChI=1S/C10H18N2/c1-4-10-7-9(5-6-11)8(2)12(10)3/h7H,4-6,11H2,1-3H3. The molecule has 68 valence electrons. The average Bonchev–Trinajstić information content (AvgIpc) is 2.33. The highest BCUT2D eigenvalue weighted by molar-refractivity contribution is 5.27. The number of nitrogens with zero attached hydrogens (tertiary/aromatic N) is 1. The van der Waals surface area contributed by atoms with Gasteiger partial charge in [0.1, 0.15) is 0 Å². The second kappa shape index (κ2) is 3.76. The van der Waals surface area contributed by atoms with Gasteiger partial charge in [0.2, 0.25) is 0 Å². The first-order valence-electron chi connectivity index (χ1n) is 4.54. The first kappa shape index (κ1) is 9.33. The molecular formula is C10H18N2. The van der Waals surface area contributed by atoms with Crippen molar-refractivity contribution < 1.29 is 0 Å². The van der Waals surface area contributed by atoms with Crippen molar-refractivity contribution >= 4 is 0 Å². The molecule has 1 rings (SSSR count). The molecule has 1 aromatic rings. The Balaban J connectivity index is 2.98. The maximum atomic E-state index is 5.52. The molecule has 2 nitrogen and oxygen atoms in total. The van der Waals surface area contributed by atoms with Crippen molar-refractivity contribution in [2.75, 3.05) is 6.54 Å². The van der Waals surface area contributed by atoms with Crippen molar-refractivity contribution in [2.24, 2.45) is 12.8 Å². The van der Waals surface area contributed by atoms with Crippen LogP contribution in [-0.4, -0.2) is 11.1 Å². The molecule has 0 aromatic carbocycles. The molecular weight excluding hydrogens is 148 g/mol. The molecule has 0 aliphatic heterocycles. The Morgan fingerprint density at radius 3 is 2.58 bits per heavy atom. The number of hydrogen-bond donors (Lipinski definition) is 1. The van der Waals surface area contributed by atoms with Crippen LogP contribution >= 0.6 is 0 Å². The third-order valence-electron chi connectivity index (χ3n) is 2.52. The fourth-order valence-electron chi connectivity index (χ4n) is 1.58.